The molecular weight excluding hydrogens is 524 g/mol. The van der Waals surface area contributed by atoms with E-state index in [1.54, 1.807) is 16.7 Å². The van der Waals surface area contributed by atoms with Crippen LogP contribution in [0.3, 0.4) is 0 Å². The first-order valence-corrected chi connectivity index (χ1v) is 13.0. The third kappa shape index (κ3) is 3.66. The first kappa shape index (κ1) is 22.1. The second kappa shape index (κ2) is 8.66. The van der Waals surface area contributed by atoms with Crippen LogP contribution >= 0.6 is 27.7 Å². The van der Waals surface area contributed by atoms with E-state index in [1.165, 1.54) is 0 Å². The Bertz CT molecular complexity index is 1560. The van der Waals surface area contributed by atoms with Gasteiger partial charge in [0.2, 0.25) is 5.91 Å². The van der Waals surface area contributed by atoms with Crippen LogP contribution in [0.2, 0.25) is 0 Å². The van der Waals surface area contributed by atoms with Gasteiger partial charge in [-0.1, -0.05) is 48.5 Å². The molecule has 4 heterocycles. The van der Waals surface area contributed by atoms with Crippen molar-refractivity contribution in [2.24, 2.45) is 0 Å². The van der Waals surface area contributed by atoms with Gasteiger partial charge in [0.25, 0.3) is 0 Å². The maximum Gasteiger partial charge on any atom is 0.239 e. The van der Waals surface area contributed by atoms with Gasteiger partial charge in [0.15, 0.2) is 11.5 Å². The van der Waals surface area contributed by atoms with Crippen LogP contribution in [0.5, 0.6) is 0 Å². The minimum Gasteiger partial charge on any atom is -0.277 e. The predicted octanol–water partition coefficient (Wildman–Crippen LogP) is 5.97. The summed E-state index contributed by atoms with van der Waals surface area (Å²) in [6.45, 7) is 3.96. The molecule has 1 amide bonds. The number of hydrogen-bond donors (Lipinski definition) is 1. The number of aromatic amines is 1. The molecule has 3 aromatic heterocycles. The summed E-state index contributed by atoms with van der Waals surface area (Å²) < 4.78 is 2.81. The molecule has 1 fully saturated rings. The van der Waals surface area contributed by atoms with Gasteiger partial charge < -0.3 is 0 Å². The molecule has 1 atom stereocenters. The number of nitrogens with zero attached hydrogens (tertiary/aromatic N) is 5. The van der Waals surface area contributed by atoms with E-state index in [0.717, 1.165) is 43.6 Å². The molecule has 1 N–H and O–H groups in total. The third-order valence-corrected chi connectivity index (χ3v) is 8.56. The fourth-order valence-corrected chi connectivity index (χ4v) is 5.95. The van der Waals surface area contributed by atoms with E-state index in [9.17, 15) is 4.79 Å². The standard InChI is InChI=1S/C26H21BrN6OS/c1-15-21-24(28-16(2)22(15)27)29-30-25(21)33-20(34)14-35-26(33)19-13-32(18-11-7-4-8-12-18)31-23(19)17-9-5-3-6-10-17/h3-13,26H,14H2,1-2H3,(H,28,29,30). The van der Waals surface area contributed by atoms with E-state index in [4.69, 9.17) is 5.10 Å². The number of rotatable bonds is 4. The number of hydrogen-bond acceptors (Lipinski definition) is 5. The number of aryl methyl sites for hydroxylation is 2. The van der Waals surface area contributed by atoms with Crippen molar-refractivity contribution in [3.63, 3.8) is 0 Å². The lowest BCUT2D eigenvalue weighted by molar-refractivity contribution is -0.115. The first-order valence-electron chi connectivity index (χ1n) is 11.2. The number of pyridine rings is 1. The molecule has 5 aromatic rings. The van der Waals surface area contributed by atoms with E-state index in [1.807, 2.05) is 85.4 Å². The van der Waals surface area contributed by atoms with Crippen LogP contribution in [-0.4, -0.2) is 36.6 Å². The number of fused-ring (bicyclic) bond motifs is 1. The Kier molecular flexibility index (Phi) is 5.46. The molecule has 1 aliphatic heterocycles. The number of benzene rings is 2. The molecule has 0 radical (unpaired) electrons. The third-order valence-electron chi connectivity index (χ3n) is 6.20. The van der Waals surface area contributed by atoms with E-state index in [0.29, 0.717) is 17.2 Å². The minimum absolute atomic E-state index is 0.0102. The van der Waals surface area contributed by atoms with E-state index < -0.39 is 0 Å². The molecule has 0 spiro atoms. The number of nitrogens with one attached hydrogen (secondary N) is 1. The monoisotopic (exact) mass is 544 g/mol. The number of carbonyl (C=O) groups is 1. The van der Waals surface area contributed by atoms with Crippen molar-refractivity contribution in [2.75, 3.05) is 10.7 Å². The van der Waals surface area contributed by atoms with Crippen LogP contribution in [0.4, 0.5) is 5.82 Å². The number of halogens is 1. The zero-order valence-electron chi connectivity index (χ0n) is 19.1. The van der Waals surface area contributed by atoms with Crippen LogP contribution in [0.1, 0.15) is 22.2 Å². The van der Waals surface area contributed by atoms with Gasteiger partial charge in [-0.2, -0.15) is 10.2 Å². The normalized spacial score (nSPS) is 15.9. The second-order valence-electron chi connectivity index (χ2n) is 8.41. The lowest BCUT2D eigenvalue weighted by atomic mass is 10.1. The Morgan fingerprint density at radius 2 is 1.77 bits per heavy atom. The van der Waals surface area contributed by atoms with E-state index in [2.05, 4.69) is 31.1 Å². The van der Waals surface area contributed by atoms with Gasteiger partial charge in [0.05, 0.1) is 28.2 Å². The number of carbonyl (C=O) groups excluding carboxylic acids is 1. The van der Waals surface area contributed by atoms with Crippen molar-refractivity contribution < 1.29 is 4.79 Å². The molecule has 0 saturated carbocycles. The number of thioether (sulfide) groups is 1. The highest BCUT2D eigenvalue weighted by Gasteiger charge is 2.39. The van der Waals surface area contributed by atoms with Gasteiger partial charge in [-0.3, -0.25) is 14.8 Å². The van der Waals surface area contributed by atoms with Crippen LogP contribution < -0.4 is 4.90 Å². The summed E-state index contributed by atoms with van der Waals surface area (Å²) in [5.41, 5.74) is 6.32. The van der Waals surface area contributed by atoms with Crippen LogP contribution in [0.15, 0.2) is 71.3 Å². The molecule has 7 nitrogen and oxygen atoms in total. The number of anilines is 1. The highest BCUT2D eigenvalue weighted by Crippen LogP contribution is 2.46. The van der Waals surface area contributed by atoms with Gasteiger partial charge in [-0.15, -0.1) is 11.8 Å². The molecule has 174 valence electrons. The Labute approximate surface area is 214 Å². The molecule has 35 heavy (non-hydrogen) atoms. The maximum absolute atomic E-state index is 13.3. The average Bonchev–Trinajstić information content (AvgIpc) is 3.60. The van der Waals surface area contributed by atoms with Crippen LogP contribution in [-0.2, 0) is 4.79 Å². The SMILES string of the molecule is Cc1nc2[nH]nc(N3C(=O)CSC3c3cn(-c4ccccc4)nc3-c3ccccc3)c2c(C)c1Br. The van der Waals surface area contributed by atoms with E-state index >= 15 is 0 Å². The Morgan fingerprint density at radius 1 is 1.06 bits per heavy atom. The Hall–Kier alpha value is -3.43. The summed E-state index contributed by atoms with van der Waals surface area (Å²) in [5.74, 6) is 0.969. The number of aromatic nitrogens is 5. The highest BCUT2D eigenvalue weighted by atomic mass is 79.9. The fourth-order valence-electron chi connectivity index (χ4n) is 4.51. The average molecular weight is 545 g/mol. The zero-order chi connectivity index (χ0) is 24.1. The summed E-state index contributed by atoms with van der Waals surface area (Å²) in [6.07, 6.45) is 2.03. The molecule has 1 unspecified atom stereocenters. The van der Waals surface area contributed by atoms with Crippen molar-refractivity contribution >= 4 is 50.5 Å². The van der Waals surface area contributed by atoms with Crippen LogP contribution in [0, 0.1) is 13.8 Å². The van der Waals surface area contributed by atoms with Crippen molar-refractivity contribution in [3.8, 4) is 16.9 Å². The molecule has 9 heteroatoms. The highest BCUT2D eigenvalue weighted by molar-refractivity contribution is 9.10. The van der Waals surface area contributed by atoms with Crippen molar-refractivity contribution in [1.82, 2.24) is 25.0 Å². The zero-order valence-corrected chi connectivity index (χ0v) is 21.5. The maximum atomic E-state index is 13.3. The molecule has 1 saturated heterocycles. The summed E-state index contributed by atoms with van der Waals surface area (Å²) in [7, 11) is 0. The van der Waals surface area contributed by atoms with Gasteiger partial charge in [-0.05, 0) is 47.5 Å². The van der Waals surface area contributed by atoms with Gasteiger partial charge >= 0.3 is 0 Å². The molecular formula is C26H21BrN6OS. The Morgan fingerprint density at radius 3 is 2.51 bits per heavy atom. The molecule has 6 rings (SSSR count). The van der Waals surface area contributed by atoms with E-state index in [-0.39, 0.29) is 11.3 Å². The molecule has 2 aromatic carbocycles. The van der Waals surface area contributed by atoms with Crippen molar-refractivity contribution in [1.29, 1.82) is 0 Å². The largest absolute Gasteiger partial charge is 0.277 e. The summed E-state index contributed by atoms with van der Waals surface area (Å²) in [5, 5.41) is 13.1. The second-order valence-corrected chi connectivity index (χ2v) is 10.3. The topological polar surface area (TPSA) is 79.7 Å². The quantitative estimate of drug-likeness (QED) is 0.301. The Balaban J connectivity index is 1.53. The summed E-state index contributed by atoms with van der Waals surface area (Å²) >= 11 is 5.23. The van der Waals surface area contributed by atoms with Crippen molar-refractivity contribution in [3.05, 3.63) is 88.2 Å². The fraction of sp³-hybridized carbons (Fsp3) is 0.154. The number of amides is 1. The van der Waals surface area contributed by atoms with Crippen LogP contribution in [0.25, 0.3) is 28.0 Å². The minimum atomic E-state index is -0.277. The smallest absolute Gasteiger partial charge is 0.239 e. The predicted molar refractivity (Wildman–Crippen MR) is 143 cm³/mol. The van der Waals surface area contributed by atoms with Gasteiger partial charge in [0.1, 0.15) is 5.37 Å². The van der Waals surface area contributed by atoms with Gasteiger partial charge in [-0.25, -0.2) is 9.67 Å². The first-order chi connectivity index (χ1) is 17.0. The summed E-state index contributed by atoms with van der Waals surface area (Å²) in [6, 6.07) is 20.1. The van der Waals surface area contributed by atoms with Gasteiger partial charge in [0, 0.05) is 21.8 Å². The summed E-state index contributed by atoms with van der Waals surface area (Å²) in [4.78, 5) is 19.7. The molecule has 0 bridgehead atoms. The number of H-pyrrole nitrogens is 1. The lowest BCUT2D eigenvalue weighted by Crippen LogP contribution is -2.28. The molecule has 0 aliphatic carbocycles. The molecule has 1 aliphatic rings. The van der Waals surface area contributed by atoms with Crippen molar-refractivity contribution in [2.45, 2.75) is 19.2 Å². The lowest BCUT2D eigenvalue weighted by Gasteiger charge is -2.22. The number of para-hydroxylation sites is 1.